The minimum atomic E-state index is -0.806. The Hall–Kier alpha value is -2.70. The molecular formula is C23H30FN3O3. The summed E-state index contributed by atoms with van der Waals surface area (Å²) in [7, 11) is 0. The molecule has 0 radical (unpaired) electrons. The van der Waals surface area contributed by atoms with Gasteiger partial charge in [0.15, 0.2) is 0 Å². The van der Waals surface area contributed by atoms with Gasteiger partial charge in [-0.15, -0.1) is 0 Å². The Morgan fingerprint density at radius 1 is 1.23 bits per heavy atom. The molecule has 162 valence electrons. The molecule has 2 aromatic rings. The standard InChI is InChI=1S/C23H30FN3O3/c1-4-30-22(29)23(15-19-6-8-20(24)9-7-19)11-5-12-26(16-23)21(28)10-13-27-18(3)14-17(2)25-27/h6-9,14H,4-5,10-13,15-16H2,1-3H3. The Balaban J connectivity index is 1.73. The molecule has 1 aliphatic rings. The van der Waals surface area contributed by atoms with Gasteiger partial charge >= 0.3 is 5.97 Å². The highest BCUT2D eigenvalue weighted by molar-refractivity contribution is 5.81. The third-order valence-corrected chi connectivity index (χ3v) is 5.73. The lowest BCUT2D eigenvalue weighted by molar-refractivity contribution is -0.160. The summed E-state index contributed by atoms with van der Waals surface area (Å²) in [4.78, 5) is 27.6. The zero-order valence-electron chi connectivity index (χ0n) is 18.0. The molecule has 7 heteroatoms. The second kappa shape index (κ2) is 9.41. The number of benzene rings is 1. The van der Waals surface area contributed by atoms with Crippen LogP contribution in [0.25, 0.3) is 0 Å². The molecule has 0 spiro atoms. The van der Waals surface area contributed by atoms with Crippen LogP contribution >= 0.6 is 0 Å². The van der Waals surface area contributed by atoms with Crippen molar-refractivity contribution in [3.8, 4) is 0 Å². The number of amides is 1. The third kappa shape index (κ3) is 5.07. The van der Waals surface area contributed by atoms with E-state index in [1.54, 1.807) is 24.0 Å². The van der Waals surface area contributed by atoms with Crippen LogP contribution in [-0.2, 0) is 27.3 Å². The van der Waals surface area contributed by atoms with E-state index in [0.29, 0.717) is 38.9 Å². The van der Waals surface area contributed by atoms with E-state index >= 15 is 0 Å². The molecule has 1 amide bonds. The summed E-state index contributed by atoms with van der Waals surface area (Å²) in [5.74, 6) is -0.589. The predicted molar refractivity (Wildman–Crippen MR) is 111 cm³/mol. The second-order valence-corrected chi connectivity index (χ2v) is 8.12. The van der Waals surface area contributed by atoms with Crippen molar-refractivity contribution in [2.75, 3.05) is 19.7 Å². The summed E-state index contributed by atoms with van der Waals surface area (Å²) in [5.41, 5.74) is 2.01. The molecule has 1 saturated heterocycles. The van der Waals surface area contributed by atoms with Crippen LogP contribution in [0.3, 0.4) is 0 Å². The number of hydrogen-bond donors (Lipinski definition) is 0. The summed E-state index contributed by atoms with van der Waals surface area (Å²) >= 11 is 0. The van der Waals surface area contributed by atoms with Crippen LogP contribution in [0, 0.1) is 25.1 Å². The number of carbonyl (C=O) groups excluding carboxylic acids is 2. The number of nitrogens with zero attached hydrogens (tertiary/aromatic N) is 3. The molecule has 1 unspecified atom stereocenters. The summed E-state index contributed by atoms with van der Waals surface area (Å²) in [6, 6.07) is 8.17. The maximum atomic E-state index is 13.3. The van der Waals surface area contributed by atoms with Gasteiger partial charge < -0.3 is 9.64 Å². The lowest BCUT2D eigenvalue weighted by Gasteiger charge is -2.41. The average Bonchev–Trinajstić information content (AvgIpc) is 3.05. The number of ether oxygens (including phenoxy) is 1. The molecular weight excluding hydrogens is 385 g/mol. The first-order chi connectivity index (χ1) is 14.3. The normalized spacial score (nSPS) is 19.0. The molecule has 1 aromatic carbocycles. The van der Waals surface area contributed by atoms with E-state index < -0.39 is 5.41 Å². The fourth-order valence-corrected chi connectivity index (χ4v) is 4.27. The molecule has 3 rings (SSSR count). The van der Waals surface area contributed by atoms with Crippen molar-refractivity contribution in [3.05, 3.63) is 53.1 Å². The van der Waals surface area contributed by atoms with Gasteiger partial charge in [-0.25, -0.2) is 4.39 Å². The first kappa shape index (κ1) is 22.0. The number of esters is 1. The number of halogens is 1. The van der Waals surface area contributed by atoms with E-state index in [1.807, 2.05) is 24.6 Å². The highest BCUT2D eigenvalue weighted by Crippen LogP contribution is 2.35. The fourth-order valence-electron chi connectivity index (χ4n) is 4.27. The Bertz CT molecular complexity index is 894. The number of aromatic nitrogens is 2. The van der Waals surface area contributed by atoms with Crippen molar-refractivity contribution < 1.29 is 18.7 Å². The molecule has 2 heterocycles. The second-order valence-electron chi connectivity index (χ2n) is 8.12. The van der Waals surface area contributed by atoms with Crippen LogP contribution in [0.1, 0.15) is 43.1 Å². The molecule has 0 aliphatic carbocycles. The fraction of sp³-hybridized carbons (Fsp3) is 0.522. The van der Waals surface area contributed by atoms with Gasteiger partial charge in [-0.1, -0.05) is 12.1 Å². The van der Waals surface area contributed by atoms with Crippen LogP contribution in [-0.4, -0.2) is 46.3 Å². The summed E-state index contributed by atoms with van der Waals surface area (Å²) in [5, 5.41) is 4.41. The highest BCUT2D eigenvalue weighted by atomic mass is 19.1. The quantitative estimate of drug-likeness (QED) is 0.650. The van der Waals surface area contributed by atoms with Crippen molar-refractivity contribution in [3.63, 3.8) is 0 Å². The van der Waals surface area contributed by atoms with Gasteiger partial charge in [-0.05, 0) is 63.8 Å². The zero-order chi connectivity index (χ0) is 21.7. The molecule has 1 aromatic heterocycles. The number of carbonyl (C=O) groups is 2. The SMILES string of the molecule is CCOC(=O)C1(Cc2ccc(F)cc2)CCCN(C(=O)CCn2nc(C)cc2C)C1. The van der Waals surface area contributed by atoms with Gasteiger partial charge in [-0.2, -0.15) is 5.10 Å². The maximum absolute atomic E-state index is 13.3. The average molecular weight is 416 g/mol. The Morgan fingerprint density at radius 3 is 2.60 bits per heavy atom. The van der Waals surface area contributed by atoms with E-state index in [0.717, 1.165) is 23.4 Å². The van der Waals surface area contributed by atoms with E-state index in [9.17, 15) is 14.0 Å². The minimum Gasteiger partial charge on any atom is -0.466 e. The van der Waals surface area contributed by atoms with Crippen molar-refractivity contribution in [2.45, 2.75) is 53.0 Å². The summed E-state index contributed by atoms with van der Waals surface area (Å²) in [6.45, 7) is 7.43. The van der Waals surface area contributed by atoms with E-state index in [1.165, 1.54) is 12.1 Å². The lowest BCUT2D eigenvalue weighted by atomic mass is 9.75. The number of rotatable bonds is 7. The van der Waals surface area contributed by atoms with Gasteiger partial charge in [0, 0.05) is 31.7 Å². The Labute approximate surface area is 177 Å². The summed E-state index contributed by atoms with van der Waals surface area (Å²) in [6.07, 6.45) is 2.13. The van der Waals surface area contributed by atoms with Gasteiger partial charge in [0.05, 0.1) is 17.7 Å². The van der Waals surface area contributed by atoms with Crippen LogP contribution in [0.15, 0.2) is 30.3 Å². The minimum absolute atomic E-state index is 0.00929. The van der Waals surface area contributed by atoms with Crippen molar-refractivity contribution in [1.82, 2.24) is 14.7 Å². The van der Waals surface area contributed by atoms with E-state index in [-0.39, 0.29) is 24.3 Å². The molecule has 1 aliphatic heterocycles. The van der Waals surface area contributed by atoms with Crippen LogP contribution in [0.4, 0.5) is 4.39 Å². The predicted octanol–water partition coefficient (Wildman–Crippen LogP) is 3.44. The third-order valence-electron chi connectivity index (χ3n) is 5.73. The molecule has 0 bridgehead atoms. The van der Waals surface area contributed by atoms with Crippen LogP contribution in [0.2, 0.25) is 0 Å². The maximum Gasteiger partial charge on any atom is 0.314 e. The monoisotopic (exact) mass is 415 g/mol. The largest absolute Gasteiger partial charge is 0.466 e. The van der Waals surface area contributed by atoms with Crippen LogP contribution < -0.4 is 0 Å². The molecule has 30 heavy (non-hydrogen) atoms. The molecule has 0 N–H and O–H groups in total. The Kier molecular flexibility index (Phi) is 6.90. The van der Waals surface area contributed by atoms with Gasteiger partial charge in [-0.3, -0.25) is 14.3 Å². The molecule has 1 atom stereocenters. The lowest BCUT2D eigenvalue weighted by Crippen LogP contribution is -2.51. The first-order valence-corrected chi connectivity index (χ1v) is 10.5. The Morgan fingerprint density at radius 2 is 1.97 bits per heavy atom. The van der Waals surface area contributed by atoms with Crippen LogP contribution in [0.5, 0.6) is 0 Å². The van der Waals surface area contributed by atoms with Crippen molar-refractivity contribution >= 4 is 11.9 Å². The number of piperidine rings is 1. The van der Waals surface area contributed by atoms with Crippen molar-refractivity contribution in [2.24, 2.45) is 5.41 Å². The van der Waals surface area contributed by atoms with Gasteiger partial charge in [0.2, 0.25) is 5.91 Å². The first-order valence-electron chi connectivity index (χ1n) is 10.5. The number of likely N-dealkylation sites (tertiary alicyclic amines) is 1. The summed E-state index contributed by atoms with van der Waals surface area (Å²) < 4.78 is 20.5. The molecule has 0 saturated carbocycles. The number of aryl methyl sites for hydroxylation is 3. The van der Waals surface area contributed by atoms with E-state index in [4.69, 9.17) is 4.74 Å². The van der Waals surface area contributed by atoms with E-state index in [2.05, 4.69) is 5.10 Å². The highest BCUT2D eigenvalue weighted by Gasteiger charge is 2.44. The zero-order valence-corrected chi connectivity index (χ0v) is 18.0. The topological polar surface area (TPSA) is 64.4 Å². The molecule has 6 nitrogen and oxygen atoms in total. The number of hydrogen-bond acceptors (Lipinski definition) is 4. The van der Waals surface area contributed by atoms with Gasteiger partial charge in [0.25, 0.3) is 0 Å². The molecule has 1 fully saturated rings. The smallest absolute Gasteiger partial charge is 0.314 e. The van der Waals surface area contributed by atoms with Gasteiger partial charge in [0.1, 0.15) is 5.82 Å². The van der Waals surface area contributed by atoms with Crippen molar-refractivity contribution in [1.29, 1.82) is 0 Å².